The van der Waals surface area contributed by atoms with Gasteiger partial charge in [0.05, 0.1) is 6.61 Å². The van der Waals surface area contributed by atoms with E-state index >= 15 is 0 Å². The monoisotopic (exact) mass is 248 g/mol. The van der Waals surface area contributed by atoms with Crippen LogP contribution in [0.15, 0.2) is 30.0 Å². The van der Waals surface area contributed by atoms with Gasteiger partial charge < -0.3 is 10.1 Å². The lowest BCUT2D eigenvalue weighted by atomic mass is 10.1. The molecule has 1 aromatic rings. The zero-order valence-corrected chi connectivity index (χ0v) is 10.1. The topological polar surface area (TPSA) is 50.4 Å². The average Bonchev–Trinajstić information content (AvgIpc) is 2.61. The molecule has 0 aromatic heterocycles. The molecule has 1 saturated heterocycles. The molecule has 0 aliphatic carbocycles. The first kappa shape index (κ1) is 11.6. The van der Waals surface area contributed by atoms with E-state index in [4.69, 9.17) is 17.0 Å². The Labute approximate surface area is 105 Å². The first-order valence-electron chi connectivity index (χ1n) is 5.26. The second-order valence-corrected chi connectivity index (χ2v) is 3.85. The van der Waals surface area contributed by atoms with Gasteiger partial charge in [0, 0.05) is 5.56 Å². The highest BCUT2D eigenvalue weighted by Crippen LogP contribution is 2.21. The molecule has 0 radical (unpaired) electrons. The number of nitrogens with one attached hydrogen (secondary N) is 2. The first-order valence-corrected chi connectivity index (χ1v) is 5.67. The van der Waals surface area contributed by atoms with E-state index in [1.54, 1.807) is 6.08 Å². The fourth-order valence-corrected chi connectivity index (χ4v) is 1.73. The van der Waals surface area contributed by atoms with Crippen molar-refractivity contribution in [3.05, 3.63) is 35.5 Å². The number of hydrogen-bond acceptors (Lipinski definition) is 3. The van der Waals surface area contributed by atoms with Crippen molar-refractivity contribution in [2.24, 2.45) is 0 Å². The van der Waals surface area contributed by atoms with Crippen LogP contribution in [0.1, 0.15) is 12.5 Å². The van der Waals surface area contributed by atoms with Crippen LogP contribution in [0.25, 0.3) is 6.08 Å². The molecule has 0 spiro atoms. The van der Waals surface area contributed by atoms with Crippen LogP contribution in [-0.2, 0) is 4.79 Å². The van der Waals surface area contributed by atoms with Gasteiger partial charge in [-0.05, 0) is 31.3 Å². The smallest absolute Gasteiger partial charge is 0.273 e. The second-order valence-electron chi connectivity index (χ2n) is 3.44. The number of ether oxygens (including phenoxy) is 1. The minimum Gasteiger partial charge on any atom is -0.493 e. The highest BCUT2D eigenvalue weighted by Gasteiger charge is 2.20. The van der Waals surface area contributed by atoms with Crippen molar-refractivity contribution < 1.29 is 9.53 Å². The van der Waals surface area contributed by atoms with Gasteiger partial charge in [0.2, 0.25) is 0 Å². The molecule has 0 saturated carbocycles. The molecule has 2 rings (SSSR count). The average molecular weight is 248 g/mol. The summed E-state index contributed by atoms with van der Waals surface area (Å²) in [5, 5.41) is 5.64. The summed E-state index contributed by atoms with van der Waals surface area (Å²) in [6, 6.07) is 7.52. The Hall–Kier alpha value is -1.88. The van der Waals surface area contributed by atoms with Gasteiger partial charge in [-0.15, -0.1) is 0 Å². The molecule has 88 valence electrons. The molecule has 0 atom stereocenters. The Morgan fingerprint density at radius 1 is 1.35 bits per heavy atom. The third kappa shape index (κ3) is 2.62. The van der Waals surface area contributed by atoms with E-state index < -0.39 is 0 Å². The molecule has 1 amide bonds. The van der Waals surface area contributed by atoms with Crippen molar-refractivity contribution >= 4 is 29.3 Å². The number of carbonyl (C=O) groups is 1. The van der Waals surface area contributed by atoms with Gasteiger partial charge in [0.1, 0.15) is 11.4 Å². The van der Waals surface area contributed by atoms with E-state index in [1.807, 2.05) is 31.2 Å². The maximum absolute atomic E-state index is 11.5. The highest BCUT2D eigenvalue weighted by atomic mass is 32.1. The largest absolute Gasteiger partial charge is 0.493 e. The highest BCUT2D eigenvalue weighted by molar-refractivity contribution is 7.80. The SMILES string of the molecule is CCOc1ccccc1/C=C1\NC(=S)NC1=O. The van der Waals surface area contributed by atoms with Crippen LogP contribution in [0.3, 0.4) is 0 Å². The number of amides is 1. The van der Waals surface area contributed by atoms with Crippen LogP contribution in [0.2, 0.25) is 0 Å². The lowest BCUT2D eigenvalue weighted by molar-refractivity contribution is -0.115. The predicted octanol–water partition coefficient (Wildman–Crippen LogP) is 1.43. The summed E-state index contributed by atoms with van der Waals surface area (Å²) in [7, 11) is 0. The van der Waals surface area contributed by atoms with Gasteiger partial charge >= 0.3 is 0 Å². The van der Waals surface area contributed by atoms with E-state index in [2.05, 4.69) is 10.6 Å². The number of thiocarbonyl (C=S) groups is 1. The van der Waals surface area contributed by atoms with Crippen LogP contribution >= 0.6 is 12.2 Å². The van der Waals surface area contributed by atoms with Gasteiger partial charge in [-0.1, -0.05) is 18.2 Å². The van der Waals surface area contributed by atoms with Crippen LogP contribution in [0, 0.1) is 0 Å². The van der Waals surface area contributed by atoms with E-state index in [0.29, 0.717) is 17.4 Å². The molecular weight excluding hydrogens is 236 g/mol. The fraction of sp³-hybridized carbons (Fsp3) is 0.167. The van der Waals surface area contributed by atoms with Crippen molar-refractivity contribution in [2.75, 3.05) is 6.61 Å². The van der Waals surface area contributed by atoms with Gasteiger partial charge in [0.15, 0.2) is 5.11 Å². The normalized spacial score (nSPS) is 16.9. The third-order valence-electron chi connectivity index (χ3n) is 2.24. The maximum atomic E-state index is 11.5. The Bertz CT molecular complexity index is 497. The molecule has 0 bridgehead atoms. The maximum Gasteiger partial charge on any atom is 0.273 e. The van der Waals surface area contributed by atoms with E-state index in [0.717, 1.165) is 11.3 Å². The quantitative estimate of drug-likeness (QED) is 0.627. The summed E-state index contributed by atoms with van der Waals surface area (Å²) >= 11 is 4.86. The molecule has 1 heterocycles. The molecular formula is C12H12N2O2S. The number of carbonyl (C=O) groups excluding carboxylic acids is 1. The van der Waals surface area contributed by atoms with Crippen LogP contribution in [0.5, 0.6) is 5.75 Å². The molecule has 1 aliphatic heterocycles. The summed E-state index contributed by atoms with van der Waals surface area (Å²) in [6.07, 6.45) is 1.72. The van der Waals surface area contributed by atoms with Crippen molar-refractivity contribution in [2.45, 2.75) is 6.92 Å². The van der Waals surface area contributed by atoms with Crippen molar-refractivity contribution in [1.82, 2.24) is 10.6 Å². The zero-order valence-electron chi connectivity index (χ0n) is 9.32. The summed E-state index contributed by atoms with van der Waals surface area (Å²) in [5.41, 5.74) is 1.28. The van der Waals surface area contributed by atoms with Crippen molar-refractivity contribution in [3.8, 4) is 5.75 Å². The molecule has 1 aromatic carbocycles. The van der Waals surface area contributed by atoms with Gasteiger partial charge in [-0.2, -0.15) is 0 Å². The number of hydrogen-bond donors (Lipinski definition) is 2. The van der Waals surface area contributed by atoms with E-state index in [9.17, 15) is 4.79 Å². The summed E-state index contributed by atoms with van der Waals surface area (Å²) in [5.74, 6) is 0.524. The lowest BCUT2D eigenvalue weighted by Crippen LogP contribution is -2.21. The van der Waals surface area contributed by atoms with Crippen molar-refractivity contribution in [3.63, 3.8) is 0 Å². The predicted molar refractivity (Wildman–Crippen MR) is 69.5 cm³/mol. The fourth-order valence-electron chi connectivity index (χ4n) is 1.52. The van der Waals surface area contributed by atoms with E-state index in [-0.39, 0.29) is 5.91 Å². The first-order chi connectivity index (χ1) is 8.20. The van der Waals surface area contributed by atoms with Crippen LogP contribution < -0.4 is 15.4 Å². The molecule has 1 fully saturated rings. The summed E-state index contributed by atoms with van der Waals surface area (Å²) in [6.45, 7) is 2.50. The van der Waals surface area contributed by atoms with Gasteiger partial charge in [-0.3, -0.25) is 10.1 Å². The van der Waals surface area contributed by atoms with Gasteiger partial charge in [0.25, 0.3) is 5.91 Å². The molecule has 2 N–H and O–H groups in total. The van der Waals surface area contributed by atoms with Gasteiger partial charge in [-0.25, -0.2) is 0 Å². The minimum absolute atomic E-state index is 0.221. The molecule has 1 aliphatic rings. The molecule has 17 heavy (non-hydrogen) atoms. The number of para-hydroxylation sites is 1. The zero-order chi connectivity index (χ0) is 12.3. The van der Waals surface area contributed by atoms with Crippen molar-refractivity contribution in [1.29, 1.82) is 0 Å². The summed E-state index contributed by atoms with van der Waals surface area (Å²) in [4.78, 5) is 11.5. The Morgan fingerprint density at radius 2 is 2.12 bits per heavy atom. The molecule has 4 nitrogen and oxygen atoms in total. The number of benzene rings is 1. The third-order valence-corrected chi connectivity index (χ3v) is 2.44. The minimum atomic E-state index is -0.221. The standard InChI is InChI=1S/C12H12N2O2S/c1-2-16-10-6-4-3-5-8(10)7-9-11(15)14-12(17)13-9/h3-7H,2H2,1H3,(H2,13,14,15,17)/b9-7-. The summed E-state index contributed by atoms with van der Waals surface area (Å²) < 4.78 is 5.47. The number of rotatable bonds is 3. The second kappa shape index (κ2) is 4.97. The van der Waals surface area contributed by atoms with Crippen LogP contribution in [0.4, 0.5) is 0 Å². The molecule has 5 heteroatoms. The Morgan fingerprint density at radius 3 is 2.76 bits per heavy atom. The molecule has 0 unspecified atom stereocenters. The Balaban J connectivity index is 2.32. The van der Waals surface area contributed by atoms with E-state index in [1.165, 1.54) is 0 Å². The van der Waals surface area contributed by atoms with Crippen LogP contribution in [-0.4, -0.2) is 17.6 Å². The lowest BCUT2D eigenvalue weighted by Gasteiger charge is -2.06. The Kier molecular flexibility index (Phi) is 3.39.